The topological polar surface area (TPSA) is 102 Å². The van der Waals surface area contributed by atoms with Gasteiger partial charge in [-0.15, -0.1) is 0 Å². The van der Waals surface area contributed by atoms with E-state index in [-0.39, 0.29) is 22.7 Å². The Morgan fingerprint density at radius 2 is 1.95 bits per heavy atom. The van der Waals surface area contributed by atoms with Crippen molar-refractivity contribution in [3.8, 4) is 0 Å². The van der Waals surface area contributed by atoms with Gasteiger partial charge in [0.25, 0.3) is 5.69 Å². The molecule has 7 nitrogen and oxygen atoms in total. The highest BCUT2D eigenvalue weighted by Gasteiger charge is 2.22. The molecule has 0 spiro atoms. The summed E-state index contributed by atoms with van der Waals surface area (Å²) in [5, 5.41) is 14.3. The van der Waals surface area contributed by atoms with Crippen LogP contribution in [0.3, 0.4) is 0 Å². The van der Waals surface area contributed by atoms with E-state index in [0.29, 0.717) is 18.7 Å². The molecule has 1 aromatic rings. The van der Waals surface area contributed by atoms with Crippen LogP contribution in [-0.2, 0) is 0 Å². The van der Waals surface area contributed by atoms with E-state index in [1.54, 1.807) is 17.9 Å². The molecule has 0 saturated carbocycles. The highest BCUT2D eigenvalue weighted by Crippen LogP contribution is 2.27. The van der Waals surface area contributed by atoms with Crippen molar-refractivity contribution in [3.05, 3.63) is 33.4 Å². The van der Waals surface area contributed by atoms with Gasteiger partial charge < -0.3 is 16.0 Å². The number of anilines is 1. The van der Waals surface area contributed by atoms with Crippen LogP contribution in [0.15, 0.2) is 12.1 Å². The standard InChI is InChI=1S/C14H20N4O3/c1-9-8-13(18(20)21)10(2)7-12(9)16-11-3-5-17(6-4-11)14(15)19/h7-8,11,16H,3-6H2,1-2H3,(H2,15,19). The Hall–Kier alpha value is -2.31. The van der Waals surface area contributed by atoms with Crippen LogP contribution < -0.4 is 11.1 Å². The van der Waals surface area contributed by atoms with Gasteiger partial charge in [-0.25, -0.2) is 4.79 Å². The smallest absolute Gasteiger partial charge is 0.314 e. The quantitative estimate of drug-likeness (QED) is 0.658. The summed E-state index contributed by atoms with van der Waals surface area (Å²) in [6.07, 6.45) is 1.64. The number of carbonyl (C=O) groups excluding carboxylic acids is 1. The van der Waals surface area contributed by atoms with E-state index in [4.69, 9.17) is 5.73 Å². The molecule has 7 heteroatoms. The van der Waals surface area contributed by atoms with E-state index in [2.05, 4.69) is 5.32 Å². The lowest BCUT2D eigenvalue weighted by atomic mass is 10.0. The Labute approximate surface area is 123 Å². The third-order valence-corrected chi connectivity index (χ3v) is 3.91. The van der Waals surface area contributed by atoms with Gasteiger partial charge in [-0.3, -0.25) is 10.1 Å². The predicted octanol–water partition coefficient (Wildman–Crippen LogP) is 2.17. The second kappa shape index (κ2) is 5.99. The number of likely N-dealkylation sites (tertiary alicyclic amines) is 1. The zero-order valence-electron chi connectivity index (χ0n) is 12.3. The van der Waals surface area contributed by atoms with Gasteiger partial charge in [0.1, 0.15) is 0 Å². The summed E-state index contributed by atoms with van der Waals surface area (Å²) in [6.45, 7) is 4.86. The van der Waals surface area contributed by atoms with Gasteiger partial charge in [0.2, 0.25) is 0 Å². The van der Waals surface area contributed by atoms with Crippen molar-refractivity contribution in [3.63, 3.8) is 0 Å². The number of piperidine rings is 1. The van der Waals surface area contributed by atoms with Crippen molar-refractivity contribution in [2.24, 2.45) is 5.73 Å². The molecule has 0 aromatic heterocycles. The van der Waals surface area contributed by atoms with Gasteiger partial charge in [-0.05, 0) is 38.3 Å². The minimum absolute atomic E-state index is 0.140. The van der Waals surface area contributed by atoms with Crippen LogP contribution >= 0.6 is 0 Å². The van der Waals surface area contributed by atoms with Crippen molar-refractivity contribution >= 4 is 17.4 Å². The van der Waals surface area contributed by atoms with E-state index >= 15 is 0 Å². The predicted molar refractivity (Wildman–Crippen MR) is 80.4 cm³/mol. The third-order valence-electron chi connectivity index (χ3n) is 3.91. The van der Waals surface area contributed by atoms with Crippen LogP contribution in [0.1, 0.15) is 24.0 Å². The molecule has 1 fully saturated rings. The Bertz CT molecular complexity index is 566. The number of rotatable bonds is 3. The maximum Gasteiger partial charge on any atom is 0.314 e. The van der Waals surface area contributed by atoms with Crippen molar-refractivity contribution in [1.82, 2.24) is 4.90 Å². The maximum atomic E-state index is 11.1. The van der Waals surface area contributed by atoms with Crippen molar-refractivity contribution in [1.29, 1.82) is 0 Å². The van der Waals surface area contributed by atoms with Crippen LogP contribution in [0, 0.1) is 24.0 Å². The van der Waals surface area contributed by atoms with Crippen LogP contribution in [0.25, 0.3) is 0 Å². The Balaban J connectivity index is 2.06. The zero-order chi connectivity index (χ0) is 15.6. The first-order valence-electron chi connectivity index (χ1n) is 6.95. The van der Waals surface area contributed by atoms with E-state index in [0.717, 1.165) is 24.1 Å². The summed E-state index contributed by atoms with van der Waals surface area (Å²) in [7, 11) is 0. The summed E-state index contributed by atoms with van der Waals surface area (Å²) >= 11 is 0. The van der Waals surface area contributed by atoms with Gasteiger partial charge in [-0.2, -0.15) is 0 Å². The van der Waals surface area contributed by atoms with Crippen LogP contribution in [0.4, 0.5) is 16.2 Å². The summed E-state index contributed by atoms with van der Waals surface area (Å²) < 4.78 is 0. The Morgan fingerprint density at radius 1 is 1.33 bits per heavy atom. The van der Waals surface area contributed by atoms with E-state index in [1.807, 2.05) is 13.0 Å². The average molecular weight is 292 g/mol. The van der Waals surface area contributed by atoms with Crippen molar-refractivity contribution in [2.75, 3.05) is 18.4 Å². The van der Waals surface area contributed by atoms with Crippen LogP contribution in [-0.4, -0.2) is 35.0 Å². The van der Waals surface area contributed by atoms with E-state index in [1.165, 1.54) is 0 Å². The molecule has 1 aromatic carbocycles. The molecular formula is C14H20N4O3. The fraction of sp³-hybridized carbons (Fsp3) is 0.500. The largest absolute Gasteiger partial charge is 0.382 e. The molecule has 1 aliphatic heterocycles. The van der Waals surface area contributed by atoms with Crippen molar-refractivity contribution < 1.29 is 9.72 Å². The van der Waals surface area contributed by atoms with Gasteiger partial charge >= 0.3 is 6.03 Å². The first-order valence-corrected chi connectivity index (χ1v) is 6.95. The molecule has 0 bridgehead atoms. The maximum absolute atomic E-state index is 11.1. The van der Waals surface area contributed by atoms with Crippen LogP contribution in [0.5, 0.6) is 0 Å². The van der Waals surface area contributed by atoms with Crippen molar-refractivity contribution in [2.45, 2.75) is 32.7 Å². The number of urea groups is 1. The lowest BCUT2D eigenvalue weighted by Gasteiger charge is -2.32. The van der Waals surface area contributed by atoms with Gasteiger partial charge in [0, 0.05) is 36.4 Å². The SMILES string of the molecule is Cc1cc([N+](=O)[O-])c(C)cc1NC1CCN(C(N)=O)CC1. The summed E-state index contributed by atoms with van der Waals surface area (Å²) in [4.78, 5) is 23.3. The molecule has 1 aliphatic rings. The molecule has 1 saturated heterocycles. The molecule has 0 radical (unpaired) electrons. The highest BCUT2D eigenvalue weighted by atomic mass is 16.6. The summed E-state index contributed by atoms with van der Waals surface area (Å²) in [5.74, 6) is 0. The molecule has 1 heterocycles. The first-order chi connectivity index (χ1) is 9.88. The molecule has 0 aliphatic carbocycles. The number of nitrogens with one attached hydrogen (secondary N) is 1. The minimum Gasteiger partial charge on any atom is -0.382 e. The molecule has 0 atom stereocenters. The number of aryl methyl sites for hydroxylation is 2. The molecule has 2 amide bonds. The molecular weight excluding hydrogens is 272 g/mol. The molecule has 2 rings (SSSR count). The number of primary amides is 1. The molecule has 114 valence electrons. The number of hydrogen-bond donors (Lipinski definition) is 2. The van der Waals surface area contributed by atoms with Gasteiger partial charge in [0.15, 0.2) is 0 Å². The lowest BCUT2D eigenvalue weighted by Crippen LogP contribution is -2.44. The van der Waals surface area contributed by atoms with Gasteiger partial charge in [-0.1, -0.05) is 0 Å². The fourth-order valence-corrected chi connectivity index (χ4v) is 2.62. The van der Waals surface area contributed by atoms with E-state index in [9.17, 15) is 14.9 Å². The number of hydrogen-bond acceptors (Lipinski definition) is 4. The summed E-state index contributed by atoms with van der Waals surface area (Å²) in [5.41, 5.74) is 7.80. The molecule has 21 heavy (non-hydrogen) atoms. The van der Waals surface area contributed by atoms with Gasteiger partial charge in [0.05, 0.1) is 4.92 Å². The number of nitro benzene ring substituents is 1. The minimum atomic E-state index is -0.379. The molecule has 0 unspecified atom stereocenters. The van der Waals surface area contributed by atoms with E-state index < -0.39 is 0 Å². The third kappa shape index (κ3) is 3.42. The first kappa shape index (κ1) is 15.1. The average Bonchev–Trinajstić information content (AvgIpc) is 2.42. The monoisotopic (exact) mass is 292 g/mol. The normalized spacial score (nSPS) is 15.8. The number of nitrogens with zero attached hydrogens (tertiary/aromatic N) is 2. The van der Waals surface area contributed by atoms with Crippen LogP contribution in [0.2, 0.25) is 0 Å². The number of nitro groups is 1. The zero-order valence-corrected chi connectivity index (χ0v) is 12.3. The lowest BCUT2D eigenvalue weighted by molar-refractivity contribution is -0.385. The number of nitrogens with two attached hydrogens (primary N) is 1. The Morgan fingerprint density at radius 3 is 2.48 bits per heavy atom. The summed E-state index contributed by atoms with van der Waals surface area (Å²) in [6, 6.07) is 3.28. The second-order valence-corrected chi connectivity index (χ2v) is 5.45. The fourth-order valence-electron chi connectivity index (χ4n) is 2.62. The number of amides is 2. The number of carbonyl (C=O) groups is 1. The Kier molecular flexibility index (Phi) is 4.30. The molecule has 3 N–H and O–H groups in total. The second-order valence-electron chi connectivity index (χ2n) is 5.45. The highest BCUT2D eigenvalue weighted by molar-refractivity contribution is 5.72. The number of benzene rings is 1.